The highest BCUT2D eigenvalue weighted by atomic mass is 19.1. The summed E-state index contributed by atoms with van der Waals surface area (Å²) in [4.78, 5) is 4.14. The standard InChI is InChI=1S/C13H9FN2O/c14-9-4-5-12(17)10(8-9)11-2-1-3-13-15-6-7-16(11)13/h1-8,17H. The number of pyridine rings is 1. The third-order valence-electron chi connectivity index (χ3n) is 2.66. The van der Waals surface area contributed by atoms with E-state index in [1.165, 1.54) is 18.2 Å². The molecule has 0 aliphatic carbocycles. The number of fused-ring (bicyclic) bond motifs is 1. The van der Waals surface area contributed by atoms with Gasteiger partial charge in [0.25, 0.3) is 0 Å². The molecular weight excluding hydrogens is 219 g/mol. The number of aromatic hydroxyl groups is 1. The van der Waals surface area contributed by atoms with Crippen molar-refractivity contribution in [1.82, 2.24) is 9.38 Å². The average Bonchev–Trinajstić information content (AvgIpc) is 2.80. The van der Waals surface area contributed by atoms with Crippen LogP contribution in [0.15, 0.2) is 48.8 Å². The maximum Gasteiger partial charge on any atom is 0.137 e. The zero-order valence-electron chi connectivity index (χ0n) is 8.84. The summed E-state index contributed by atoms with van der Waals surface area (Å²) in [6, 6.07) is 9.36. The Labute approximate surface area is 96.8 Å². The molecule has 3 nitrogen and oxygen atoms in total. The lowest BCUT2D eigenvalue weighted by atomic mass is 10.1. The molecule has 0 amide bonds. The average molecular weight is 228 g/mol. The Balaban J connectivity index is 2.34. The van der Waals surface area contributed by atoms with E-state index in [4.69, 9.17) is 0 Å². The predicted molar refractivity (Wildman–Crippen MR) is 62.3 cm³/mol. The number of halogens is 1. The predicted octanol–water partition coefficient (Wildman–Crippen LogP) is 2.85. The molecule has 17 heavy (non-hydrogen) atoms. The van der Waals surface area contributed by atoms with E-state index >= 15 is 0 Å². The molecule has 3 aromatic rings. The molecular formula is C13H9FN2O. The Morgan fingerprint density at radius 3 is 2.94 bits per heavy atom. The third kappa shape index (κ3) is 1.54. The van der Waals surface area contributed by atoms with Crippen LogP contribution in [0.2, 0.25) is 0 Å². The van der Waals surface area contributed by atoms with Gasteiger partial charge in [-0.15, -0.1) is 0 Å². The lowest BCUT2D eigenvalue weighted by Crippen LogP contribution is -1.91. The highest BCUT2D eigenvalue weighted by Gasteiger charge is 2.09. The molecule has 84 valence electrons. The fourth-order valence-corrected chi connectivity index (χ4v) is 1.88. The summed E-state index contributed by atoms with van der Waals surface area (Å²) in [5.74, 6) is -0.331. The molecule has 2 aromatic heterocycles. The summed E-state index contributed by atoms with van der Waals surface area (Å²) in [6.07, 6.45) is 3.43. The maximum absolute atomic E-state index is 13.2. The number of aromatic nitrogens is 2. The highest BCUT2D eigenvalue weighted by Crippen LogP contribution is 2.29. The molecule has 1 aromatic carbocycles. The van der Waals surface area contributed by atoms with Crippen molar-refractivity contribution < 1.29 is 9.50 Å². The van der Waals surface area contributed by atoms with Crippen molar-refractivity contribution in [3.63, 3.8) is 0 Å². The van der Waals surface area contributed by atoms with Crippen molar-refractivity contribution in [3.8, 4) is 17.0 Å². The number of hydrogen-bond acceptors (Lipinski definition) is 2. The zero-order valence-corrected chi connectivity index (χ0v) is 8.84. The molecule has 0 saturated heterocycles. The monoisotopic (exact) mass is 228 g/mol. The molecule has 0 aliphatic heterocycles. The van der Waals surface area contributed by atoms with Gasteiger partial charge in [-0.05, 0) is 30.3 Å². The summed E-state index contributed by atoms with van der Waals surface area (Å²) < 4.78 is 15.0. The lowest BCUT2D eigenvalue weighted by Gasteiger charge is -2.07. The summed E-state index contributed by atoms with van der Waals surface area (Å²) >= 11 is 0. The molecule has 0 radical (unpaired) electrons. The van der Waals surface area contributed by atoms with Crippen LogP contribution in [0.25, 0.3) is 16.9 Å². The number of phenols is 1. The Hall–Kier alpha value is -2.36. The molecule has 0 atom stereocenters. The van der Waals surface area contributed by atoms with Gasteiger partial charge in [-0.3, -0.25) is 4.40 Å². The Kier molecular flexibility index (Phi) is 2.08. The van der Waals surface area contributed by atoms with Gasteiger partial charge in [-0.25, -0.2) is 9.37 Å². The van der Waals surface area contributed by atoms with E-state index in [1.54, 1.807) is 16.8 Å². The topological polar surface area (TPSA) is 37.5 Å². The van der Waals surface area contributed by atoms with Crippen molar-refractivity contribution in [2.45, 2.75) is 0 Å². The Morgan fingerprint density at radius 2 is 2.06 bits per heavy atom. The van der Waals surface area contributed by atoms with Gasteiger partial charge >= 0.3 is 0 Å². The number of hydrogen-bond donors (Lipinski definition) is 1. The second-order valence-corrected chi connectivity index (χ2v) is 3.73. The second-order valence-electron chi connectivity index (χ2n) is 3.73. The molecule has 1 N–H and O–H groups in total. The lowest BCUT2D eigenvalue weighted by molar-refractivity contribution is 0.475. The first kappa shape index (κ1) is 9.84. The summed E-state index contributed by atoms with van der Waals surface area (Å²) in [7, 11) is 0. The zero-order chi connectivity index (χ0) is 11.8. The maximum atomic E-state index is 13.2. The minimum absolute atomic E-state index is 0.0487. The molecule has 0 spiro atoms. The molecule has 4 heteroatoms. The third-order valence-corrected chi connectivity index (χ3v) is 2.66. The first-order valence-electron chi connectivity index (χ1n) is 5.17. The number of imidazole rings is 1. The molecule has 0 aliphatic rings. The van der Waals surface area contributed by atoms with Crippen LogP contribution < -0.4 is 0 Å². The van der Waals surface area contributed by atoms with E-state index < -0.39 is 0 Å². The minimum atomic E-state index is -0.380. The van der Waals surface area contributed by atoms with Crippen molar-refractivity contribution >= 4 is 5.65 Å². The van der Waals surface area contributed by atoms with Crippen molar-refractivity contribution in [2.24, 2.45) is 0 Å². The quantitative estimate of drug-likeness (QED) is 0.695. The van der Waals surface area contributed by atoms with Gasteiger partial charge in [-0.2, -0.15) is 0 Å². The van der Waals surface area contributed by atoms with E-state index in [0.717, 1.165) is 5.65 Å². The van der Waals surface area contributed by atoms with Gasteiger partial charge in [0.15, 0.2) is 0 Å². The van der Waals surface area contributed by atoms with Gasteiger partial charge in [-0.1, -0.05) is 6.07 Å². The van der Waals surface area contributed by atoms with Crippen LogP contribution in [-0.2, 0) is 0 Å². The number of rotatable bonds is 1. The molecule has 0 fully saturated rings. The molecule has 2 heterocycles. The Morgan fingerprint density at radius 1 is 1.18 bits per heavy atom. The SMILES string of the molecule is Oc1ccc(F)cc1-c1cccc2nccn12. The van der Waals surface area contributed by atoms with Crippen LogP contribution in [0.1, 0.15) is 0 Å². The first-order chi connectivity index (χ1) is 8.25. The van der Waals surface area contributed by atoms with Crippen LogP contribution in [0.5, 0.6) is 5.75 Å². The van der Waals surface area contributed by atoms with Gasteiger partial charge in [0.1, 0.15) is 17.2 Å². The summed E-state index contributed by atoms with van der Waals surface area (Å²) in [5.41, 5.74) is 1.91. The summed E-state index contributed by atoms with van der Waals surface area (Å²) in [5, 5.41) is 9.78. The number of phenolic OH excluding ortho intramolecular Hbond substituents is 1. The molecule has 0 unspecified atom stereocenters. The van der Waals surface area contributed by atoms with Crippen molar-refractivity contribution in [1.29, 1.82) is 0 Å². The normalized spacial score (nSPS) is 10.9. The van der Waals surface area contributed by atoms with E-state index in [0.29, 0.717) is 11.3 Å². The molecule has 3 rings (SSSR count). The highest BCUT2D eigenvalue weighted by molar-refractivity contribution is 5.69. The van der Waals surface area contributed by atoms with E-state index in [9.17, 15) is 9.50 Å². The molecule has 0 bridgehead atoms. The van der Waals surface area contributed by atoms with Crippen molar-refractivity contribution in [3.05, 3.63) is 54.6 Å². The van der Waals surface area contributed by atoms with Crippen molar-refractivity contribution in [2.75, 3.05) is 0 Å². The van der Waals surface area contributed by atoms with Gasteiger partial charge in [0.2, 0.25) is 0 Å². The summed E-state index contributed by atoms with van der Waals surface area (Å²) in [6.45, 7) is 0. The van der Waals surface area contributed by atoms with Crippen LogP contribution in [-0.4, -0.2) is 14.5 Å². The minimum Gasteiger partial charge on any atom is -0.507 e. The van der Waals surface area contributed by atoms with E-state index in [2.05, 4.69) is 4.98 Å². The van der Waals surface area contributed by atoms with E-state index in [-0.39, 0.29) is 11.6 Å². The second kappa shape index (κ2) is 3.59. The fraction of sp³-hybridized carbons (Fsp3) is 0. The van der Waals surface area contributed by atoms with Crippen LogP contribution in [0, 0.1) is 5.82 Å². The van der Waals surface area contributed by atoms with Gasteiger partial charge < -0.3 is 5.11 Å². The number of nitrogens with zero attached hydrogens (tertiary/aromatic N) is 2. The van der Waals surface area contributed by atoms with E-state index in [1.807, 2.05) is 18.2 Å². The number of benzene rings is 1. The van der Waals surface area contributed by atoms with Gasteiger partial charge in [0, 0.05) is 18.0 Å². The van der Waals surface area contributed by atoms with Crippen LogP contribution in [0.4, 0.5) is 4.39 Å². The van der Waals surface area contributed by atoms with Gasteiger partial charge in [0.05, 0.1) is 5.69 Å². The Bertz CT molecular complexity index is 691. The largest absolute Gasteiger partial charge is 0.507 e. The van der Waals surface area contributed by atoms with Crippen LogP contribution in [0.3, 0.4) is 0 Å². The van der Waals surface area contributed by atoms with Crippen LogP contribution >= 0.6 is 0 Å². The smallest absolute Gasteiger partial charge is 0.137 e. The molecule has 0 saturated carbocycles. The first-order valence-corrected chi connectivity index (χ1v) is 5.17. The fourth-order valence-electron chi connectivity index (χ4n) is 1.88.